The second kappa shape index (κ2) is 7.13. The van der Waals surface area contributed by atoms with Crippen LogP contribution in [-0.2, 0) is 17.4 Å². The number of alkyl halides is 1. The Hall–Kier alpha value is -2.21. The predicted octanol–water partition coefficient (Wildman–Crippen LogP) is 3.25. The van der Waals surface area contributed by atoms with E-state index in [0.29, 0.717) is 12.8 Å². The zero-order chi connectivity index (χ0) is 17.9. The molecule has 0 amide bonds. The highest BCUT2D eigenvalue weighted by Gasteiger charge is 2.40. The molecule has 130 valence electrons. The van der Waals surface area contributed by atoms with Crippen LogP contribution in [0.15, 0.2) is 23.8 Å². The molecule has 1 aliphatic carbocycles. The Bertz CT molecular complexity index is 770. The van der Waals surface area contributed by atoms with Gasteiger partial charge in [-0.1, -0.05) is 6.07 Å². The zero-order valence-corrected chi connectivity index (χ0v) is 14.6. The summed E-state index contributed by atoms with van der Waals surface area (Å²) in [6, 6.07) is 5.90. The summed E-state index contributed by atoms with van der Waals surface area (Å²) in [4.78, 5) is 15.8. The van der Waals surface area contributed by atoms with Gasteiger partial charge in [-0.25, -0.2) is 9.78 Å². The molecule has 5 nitrogen and oxygen atoms in total. The monoisotopic (exact) mass is 333 g/mol. The van der Waals surface area contributed by atoms with Crippen LogP contribution in [0.25, 0.3) is 17.1 Å². The van der Waals surface area contributed by atoms with Crippen molar-refractivity contribution < 1.29 is 14.3 Å². The van der Waals surface area contributed by atoms with E-state index in [1.807, 2.05) is 32.3 Å². The number of nitrogens with zero attached hydrogens (tertiary/aromatic N) is 2. The first-order chi connectivity index (χ1) is 11.5. The van der Waals surface area contributed by atoms with Gasteiger partial charge in [0.1, 0.15) is 5.82 Å². The molecule has 1 heterocycles. The predicted molar refractivity (Wildman–Crippen MR) is 93.6 cm³/mol. The highest BCUT2D eigenvalue weighted by molar-refractivity contribution is 5.92. The Morgan fingerprint density at radius 3 is 2.58 bits per heavy atom. The van der Waals surface area contributed by atoms with E-state index in [1.165, 1.54) is 6.42 Å². The second-order valence-electron chi connectivity index (χ2n) is 6.06. The molecule has 1 aromatic carbocycles. The minimum Gasteiger partial charge on any atom is -0.478 e. The number of hydrogen-bond donors (Lipinski definition) is 2. The zero-order valence-electron chi connectivity index (χ0n) is 14.6. The first-order valence-electron chi connectivity index (χ1n) is 7.92. The normalized spacial score (nSPS) is 16.3. The number of fused-ring (bicyclic) bond motifs is 1. The number of halogens is 1. The van der Waals surface area contributed by atoms with Gasteiger partial charge in [-0.2, -0.15) is 0 Å². The van der Waals surface area contributed by atoms with Crippen molar-refractivity contribution >= 4 is 23.1 Å². The smallest absolute Gasteiger partial charge is 0.331 e. The van der Waals surface area contributed by atoms with Crippen molar-refractivity contribution in [1.82, 2.24) is 14.9 Å². The molecular formula is C18H24FN3O2. The lowest BCUT2D eigenvalue weighted by Gasteiger charge is -2.40. The largest absolute Gasteiger partial charge is 0.478 e. The van der Waals surface area contributed by atoms with Crippen LogP contribution in [0.2, 0.25) is 0 Å². The van der Waals surface area contributed by atoms with Crippen LogP contribution in [-0.4, -0.2) is 34.9 Å². The highest BCUT2D eigenvalue weighted by Crippen LogP contribution is 2.41. The summed E-state index contributed by atoms with van der Waals surface area (Å²) in [7, 11) is 4.53. The molecule has 0 atom stereocenters. The Balaban J connectivity index is 0.00000100. The number of aryl methyl sites for hydroxylation is 1. The molecular weight excluding hydrogens is 309 g/mol. The maximum atomic E-state index is 10.9. The summed E-state index contributed by atoms with van der Waals surface area (Å²) >= 11 is 0. The van der Waals surface area contributed by atoms with Gasteiger partial charge in [0.15, 0.2) is 0 Å². The Kier molecular flexibility index (Phi) is 5.39. The molecule has 1 fully saturated rings. The number of hydrogen-bond acceptors (Lipinski definition) is 3. The molecule has 0 bridgehead atoms. The van der Waals surface area contributed by atoms with E-state index in [0.717, 1.165) is 35.3 Å². The Morgan fingerprint density at radius 1 is 1.42 bits per heavy atom. The van der Waals surface area contributed by atoms with E-state index < -0.39 is 5.97 Å². The van der Waals surface area contributed by atoms with E-state index >= 15 is 0 Å². The fourth-order valence-electron chi connectivity index (χ4n) is 3.16. The average Bonchev–Trinajstić information content (AvgIpc) is 2.86. The van der Waals surface area contributed by atoms with Crippen molar-refractivity contribution in [2.24, 2.45) is 7.05 Å². The van der Waals surface area contributed by atoms with Gasteiger partial charge in [-0.15, -0.1) is 0 Å². The molecule has 6 heteroatoms. The van der Waals surface area contributed by atoms with E-state index in [9.17, 15) is 9.18 Å². The van der Waals surface area contributed by atoms with Gasteiger partial charge in [0.25, 0.3) is 0 Å². The molecule has 0 aliphatic heterocycles. The summed E-state index contributed by atoms with van der Waals surface area (Å²) in [6.45, 7) is 1.60. The number of carboxylic acids is 1. The first kappa shape index (κ1) is 18.1. The molecule has 0 unspecified atom stereocenters. The summed E-state index contributed by atoms with van der Waals surface area (Å²) in [5.41, 5.74) is 3.15. The molecule has 0 spiro atoms. The SMILES string of the molecule is CF.CNC1(c2nc3cc(/C=C(\C)C(=O)O)ccc3n2C)CCC1. The number of aromatic nitrogens is 2. The van der Waals surface area contributed by atoms with E-state index in [2.05, 4.69) is 9.88 Å². The Morgan fingerprint density at radius 2 is 2.08 bits per heavy atom. The molecule has 1 saturated carbocycles. The standard InChI is InChI=1S/C17H21N3O2.CH3F/c1-11(15(21)22)9-12-5-6-14-13(10-12)19-16(20(14)3)17(18-2)7-4-8-17;1-2/h5-6,9-10,18H,4,7-8H2,1-3H3,(H,21,22);1H3/b11-9+;. The van der Waals surface area contributed by atoms with Crippen molar-refractivity contribution in [3.05, 3.63) is 35.2 Å². The van der Waals surface area contributed by atoms with Gasteiger partial charge in [-0.3, -0.25) is 4.39 Å². The van der Waals surface area contributed by atoms with Gasteiger partial charge < -0.3 is 15.0 Å². The van der Waals surface area contributed by atoms with Crippen LogP contribution in [0.4, 0.5) is 4.39 Å². The number of carbonyl (C=O) groups is 1. The Labute approximate surface area is 141 Å². The molecule has 0 radical (unpaired) electrons. The van der Waals surface area contributed by atoms with E-state index in [4.69, 9.17) is 10.1 Å². The molecule has 2 N–H and O–H groups in total. The van der Waals surface area contributed by atoms with E-state index in [-0.39, 0.29) is 5.54 Å². The molecule has 1 aliphatic rings. The molecule has 1 aromatic heterocycles. The van der Waals surface area contributed by atoms with Gasteiger partial charge in [0.05, 0.1) is 23.7 Å². The lowest BCUT2D eigenvalue weighted by atomic mass is 9.76. The molecule has 24 heavy (non-hydrogen) atoms. The lowest BCUT2D eigenvalue weighted by molar-refractivity contribution is -0.132. The lowest BCUT2D eigenvalue weighted by Crippen LogP contribution is -2.47. The van der Waals surface area contributed by atoms with Gasteiger partial charge >= 0.3 is 5.97 Å². The van der Waals surface area contributed by atoms with Crippen LogP contribution in [0, 0.1) is 0 Å². The number of aliphatic carboxylic acids is 1. The van der Waals surface area contributed by atoms with Gasteiger partial charge in [0, 0.05) is 12.6 Å². The van der Waals surface area contributed by atoms with Crippen LogP contribution >= 0.6 is 0 Å². The third kappa shape index (κ3) is 3.06. The molecule has 3 rings (SSSR count). The fourth-order valence-corrected chi connectivity index (χ4v) is 3.16. The first-order valence-corrected chi connectivity index (χ1v) is 7.92. The third-order valence-corrected chi connectivity index (χ3v) is 4.74. The topological polar surface area (TPSA) is 67.2 Å². The minimum atomic E-state index is -0.898. The van der Waals surface area contributed by atoms with Gasteiger partial charge in [-0.05, 0) is 57.0 Å². The van der Waals surface area contributed by atoms with Crippen molar-refractivity contribution in [2.45, 2.75) is 31.7 Å². The molecule has 0 saturated heterocycles. The summed E-state index contributed by atoms with van der Waals surface area (Å²) in [5.74, 6) is 0.165. The van der Waals surface area contributed by atoms with Crippen molar-refractivity contribution in [3.8, 4) is 0 Å². The van der Waals surface area contributed by atoms with Crippen LogP contribution in [0.1, 0.15) is 37.6 Å². The number of carboxylic acid groups (broad SMARTS) is 1. The third-order valence-electron chi connectivity index (χ3n) is 4.74. The number of nitrogens with one attached hydrogen (secondary N) is 1. The summed E-state index contributed by atoms with van der Waals surface area (Å²) in [5, 5.41) is 12.4. The quantitative estimate of drug-likeness (QED) is 0.843. The van der Waals surface area contributed by atoms with Crippen molar-refractivity contribution in [3.63, 3.8) is 0 Å². The van der Waals surface area contributed by atoms with Crippen molar-refractivity contribution in [1.29, 1.82) is 0 Å². The van der Waals surface area contributed by atoms with Crippen LogP contribution in [0.3, 0.4) is 0 Å². The average molecular weight is 333 g/mol. The second-order valence-corrected chi connectivity index (χ2v) is 6.06. The van der Waals surface area contributed by atoms with E-state index in [1.54, 1.807) is 13.0 Å². The van der Waals surface area contributed by atoms with Gasteiger partial charge in [0.2, 0.25) is 0 Å². The highest BCUT2D eigenvalue weighted by atomic mass is 19.1. The molecule has 2 aromatic rings. The number of benzene rings is 1. The summed E-state index contributed by atoms with van der Waals surface area (Å²) < 4.78 is 11.6. The maximum Gasteiger partial charge on any atom is 0.331 e. The van der Waals surface area contributed by atoms with Crippen molar-refractivity contribution in [2.75, 3.05) is 14.2 Å². The minimum absolute atomic E-state index is 0.0131. The van der Waals surface area contributed by atoms with Crippen LogP contribution in [0.5, 0.6) is 0 Å². The van der Waals surface area contributed by atoms with Crippen LogP contribution < -0.4 is 5.32 Å². The number of rotatable bonds is 4. The summed E-state index contributed by atoms with van der Waals surface area (Å²) in [6.07, 6.45) is 5.10. The maximum absolute atomic E-state index is 10.9. The fraction of sp³-hybridized carbons (Fsp3) is 0.444. The number of imidazole rings is 1.